The average molecular weight is 362 g/mol. The van der Waals surface area contributed by atoms with Gasteiger partial charge in [0.25, 0.3) is 5.91 Å². The molecule has 3 N–H and O–H groups in total. The summed E-state index contributed by atoms with van der Waals surface area (Å²) in [6, 6.07) is 10.2. The molecule has 25 heavy (non-hydrogen) atoms. The van der Waals surface area contributed by atoms with E-state index in [1.165, 1.54) is 0 Å². The predicted octanol–water partition coefficient (Wildman–Crippen LogP) is 3.07. The Hall–Kier alpha value is -2.73. The number of hydrogen-bond donors (Lipinski definition) is 3. The molecule has 0 aliphatic rings. The first-order chi connectivity index (χ1) is 11.9. The van der Waals surface area contributed by atoms with E-state index in [4.69, 9.17) is 16.3 Å². The van der Waals surface area contributed by atoms with E-state index in [9.17, 15) is 9.59 Å². The van der Waals surface area contributed by atoms with Crippen molar-refractivity contribution in [2.45, 2.75) is 6.92 Å². The van der Waals surface area contributed by atoms with Crippen LogP contribution in [0.4, 0.5) is 11.4 Å². The molecule has 0 heterocycles. The Labute approximate surface area is 151 Å². The Morgan fingerprint density at radius 1 is 1.16 bits per heavy atom. The third-order valence-electron chi connectivity index (χ3n) is 3.58. The highest BCUT2D eigenvalue weighted by Gasteiger charge is 2.09. The number of hydrogen-bond acceptors (Lipinski definition) is 4. The highest BCUT2D eigenvalue weighted by Crippen LogP contribution is 2.30. The zero-order chi connectivity index (χ0) is 18.4. The van der Waals surface area contributed by atoms with E-state index in [1.807, 2.05) is 13.0 Å². The zero-order valence-electron chi connectivity index (χ0n) is 14.3. The Morgan fingerprint density at radius 3 is 2.44 bits per heavy atom. The lowest BCUT2D eigenvalue weighted by molar-refractivity contribution is -0.114. The minimum atomic E-state index is -0.220. The maximum Gasteiger partial charge on any atom is 0.251 e. The lowest BCUT2D eigenvalue weighted by Crippen LogP contribution is -2.22. The zero-order valence-corrected chi connectivity index (χ0v) is 15.0. The fourth-order valence-electron chi connectivity index (χ4n) is 2.20. The van der Waals surface area contributed by atoms with Crippen LogP contribution in [-0.2, 0) is 4.79 Å². The van der Waals surface area contributed by atoms with Crippen LogP contribution < -0.4 is 20.7 Å². The van der Waals surface area contributed by atoms with E-state index in [2.05, 4.69) is 16.0 Å². The molecule has 0 fully saturated rings. The van der Waals surface area contributed by atoms with Gasteiger partial charge in [0.05, 0.1) is 19.3 Å². The number of nitrogens with one attached hydrogen (secondary N) is 3. The molecule has 2 aromatic rings. The molecule has 0 aliphatic heterocycles. The number of halogens is 1. The third-order valence-corrected chi connectivity index (χ3v) is 3.99. The van der Waals surface area contributed by atoms with E-state index >= 15 is 0 Å². The quantitative estimate of drug-likeness (QED) is 0.738. The van der Waals surface area contributed by atoms with Crippen molar-refractivity contribution in [3.63, 3.8) is 0 Å². The van der Waals surface area contributed by atoms with E-state index < -0.39 is 0 Å². The molecule has 132 valence electrons. The molecule has 0 bridgehead atoms. The van der Waals surface area contributed by atoms with E-state index in [1.54, 1.807) is 44.5 Å². The lowest BCUT2D eigenvalue weighted by atomic mass is 10.2. The first-order valence-electron chi connectivity index (χ1n) is 7.64. The molecule has 2 aromatic carbocycles. The van der Waals surface area contributed by atoms with E-state index in [0.717, 1.165) is 5.56 Å². The van der Waals surface area contributed by atoms with Crippen LogP contribution >= 0.6 is 11.6 Å². The molecule has 0 radical (unpaired) electrons. The summed E-state index contributed by atoms with van der Waals surface area (Å²) in [7, 11) is 3.11. The van der Waals surface area contributed by atoms with Gasteiger partial charge in [-0.15, -0.1) is 0 Å². The maximum atomic E-state index is 12.1. The van der Waals surface area contributed by atoms with E-state index in [-0.39, 0.29) is 18.4 Å². The molecule has 7 heteroatoms. The molecule has 0 atom stereocenters. The molecule has 0 saturated heterocycles. The van der Waals surface area contributed by atoms with Gasteiger partial charge in [-0.05, 0) is 42.8 Å². The van der Waals surface area contributed by atoms with Gasteiger partial charge in [0, 0.05) is 29.4 Å². The number of carbonyl (C=O) groups excluding carboxylic acids is 2. The standard InChI is InChI=1S/C18H20ClN3O3/c1-11-8-15(16(25-3)9-14(11)19)21-10-17(23)22-13-6-4-12(5-7-13)18(24)20-2/h4-9,21H,10H2,1-3H3,(H,20,24)(H,22,23). The number of amides is 2. The second-order valence-corrected chi connectivity index (χ2v) is 5.77. The fraction of sp³-hybridized carbons (Fsp3) is 0.222. The van der Waals surface area contributed by atoms with Crippen LogP contribution in [0.1, 0.15) is 15.9 Å². The van der Waals surface area contributed by atoms with Crippen molar-refractivity contribution < 1.29 is 14.3 Å². The summed E-state index contributed by atoms with van der Waals surface area (Å²) in [5.74, 6) is 0.172. The van der Waals surface area contributed by atoms with Gasteiger partial charge in [-0.1, -0.05) is 11.6 Å². The Kier molecular flexibility index (Phi) is 6.25. The second-order valence-electron chi connectivity index (χ2n) is 5.36. The molecule has 0 spiro atoms. The fourth-order valence-corrected chi connectivity index (χ4v) is 2.35. The van der Waals surface area contributed by atoms with E-state index in [0.29, 0.717) is 27.7 Å². The highest BCUT2D eigenvalue weighted by molar-refractivity contribution is 6.31. The largest absolute Gasteiger partial charge is 0.495 e. The normalized spacial score (nSPS) is 10.1. The number of anilines is 2. The number of carbonyl (C=O) groups is 2. The molecule has 2 rings (SSSR count). The van der Waals surface area contributed by atoms with Crippen molar-refractivity contribution in [2.75, 3.05) is 31.3 Å². The van der Waals surface area contributed by atoms with Gasteiger partial charge in [-0.3, -0.25) is 9.59 Å². The monoisotopic (exact) mass is 361 g/mol. The van der Waals surface area contributed by atoms with Gasteiger partial charge in [0.15, 0.2) is 0 Å². The average Bonchev–Trinajstić information content (AvgIpc) is 2.62. The molecule has 0 unspecified atom stereocenters. The summed E-state index contributed by atoms with van der Waals surface area (Å²) < 4.78 is 5.26. The Balaban J connectivity index is 1.97. The van der Waals surface area contributed by atoms with Crippen molar-refractivity contribution >= 4 is 34.8 Å². The summed E-state index contributed by atoms with van der Waals surface area (Å²) in [5.41, 5.74) is 2.71. The highest BCUT2D eigenvalue weighted by atomic mass is 35.5. The Bertz CT molecular complexity index is 776. The third kappa shape index (κ3) is 4.87. The molecular formula is C18H20ClN3O3. The van der Waals surface area contributed by atoms with Crippen molar-refractivity contribution in [3.8, 4) is 5.75 Å². The molecular weight excluding hydrogens is 342 g/mol. The number of benzene rings is 2. The molecule has 0 saturated carbocycles. The van der Waals surface area contributed by atoms with Crippen LogP contribution in [0.25, 0.3) is 0 Å². The smallest absolute Gasteiger partial charge is 0.251 e. The summed E-state index contributed by atoms with van der Waals surface area (Å²) in [6.07, 6.45) is 0. The van der Waals surface area contributed by atoms with Crippen LogP contribution in [0, 0.1) is 6.92 Å². The minimum absolute atomic E-state index is 0.0641. The summed E-state index contributed by atoms with van der Waals surface area (Å²) >= 11 is 6.06. The van der Waals surface area contributed by atoms with Gasteiger partial charge in [0.1, 0.15) is 5.75 Å². The second kappa shape index (κ2) is 8.39. The van der Waals surface area contributed by atoms with Crippen LogP contribution in [-0.4, -0.2) is 32.5 Å². The van der Waals surface area contributed by atoms with Crippen LogP contribution in [0.5, 0.6) is 5.75 Å². The van der Waals surface area contributed by atoms with Crippen LogP contribution in [0.2, 0.25) is 5.02 Å². The minimum Gasteiger partial charge on any atom is -0.495 e. The molecule has 0 aromatic heterocycles. The van der Waals surface area contributed by atoms with Gasteiger partial charge in [-0.2, -0.15) is 0 Å². The summed E-state index contributed by atoms with van der Waals surface area (Å²) in [6.45, 7) is 1.94. The number of rotatable bonds is 6. The topological polar surface area (TPSA) is 79.5 Å². The number of ether oxygens (including phenoxy) is 1. The van der Waals surface area contributed by atoms with Crippen molar-refractivity contribution in [1.29, 1.82) is 0 Å². The SMILES string of the molecule is CNC(=O)c1ccc(NC(=O)CNc2cc(C)c(Cl)cc2OC)cc1. The molecule has 0 aliphatic carbocycles. The van der Waals surface area contributed by atoms with Gasteiger partial charge in [0.2, 0.25) is 5.91 Å². The summed E-state index contributed by atoms with van der Waals surface area (Å²) in [5, 5.41) is 8.93. The number of aryl methyl sites for hydroxylation is 1. The maximum absolute atomic E-state index is 12.1. The van der Waals surface area contributed by atoms with Crippen molar-refractivity contribution in [1.82, 2.24) is 5.32 Å². The van der Waals surface area contributed by atoms with Gasteiger partial charge >= 0.3 is 0 Å². The predicted molar refractivity (Wildman–Crippen MR) is 99.7 cm³/mol. The van der Waals surface area contributed by atoms with Crippen molar-refractivity contribution in [2.24, 2.45) is 0 Å². The molecule has 6 nitrogen and oxygen atoms in total. The van der Waals surface area contributed by atoms with Crippen molar-refractivity contribution in [3.05, 3.63) is 52.5 Å². The lowest BCUT2D eigenvalue weighted by Gasteiger charge is -2.13. The van der Waals surface area contributed by atoms with Crippen LogP contribution in [0.15, 0.2) is 36.4 Å². The first kappa shape index (κ1) is 18.6. The van der Waals surface area contributed by atoms with Crippen LogP contribution in [0.3, 0.4) is 0 Å². The van der Waals surface area contributed by atoms with Gasteiger partial charge < -0.3 is 20.7 Å². The summed E-state index contributed by atoms with van der Waals surface area (Å²) in [4.78, 5) is 23.6. The Morgan fingerprint density at radius 2 is 1.84 bits per heavy atom. The number of methoxy groups -OCH3 is 1. The van der Waals surface area contributed by atoms with Gasteiger partial charge in [-0.25, -0.2) is 0 Å². The first-order valence-corrected chi connectivity index (χ1v) is 8.02. The molecule has 2 amide bonds.